The zero-order chi connectivity index (χ0) is 35.2. The number of hydrogen-bond acceptors (Lipinski definition) is 2. The van der Waals surface area contributed by atoms with E-state index >= 15 is 0 Å². The summed E-state index contributed by atoms with van der Waals surface area (Å²) in [5.41, 5.74) is 0. The van der Waals surface area contributed by atoms with Crippen molar-refractivity contribution in [3.05, 3.63) is 0 Å². The number of carboxylic acids is 1. The highest BCUT2D eigenvalue weighted by Gasteiger charge is 2.99. The Labute approximate surface area is 209 Å². The van der Waals surface area contributed by atoms with E-state index in [0.717, 1.165) is 0 Å². The van der Waals surface area contributed by atoms with Crippen LogP contribution in [0.2, 0.25) is 0 Å². The van der Waals surface area contributed by atoms with Crippen molar-refractivity contribution in [1.29, 1.82) is 0 Å². The summed E-state index contributed by atoms with van der Waals surface area (Å²) >= 11 is 0. The average Bonchev–Trinajstić information content (AvgIpc) is 2.77. The molecular formula is C14HF26O2-. The maximum Gasteiger partial charge on any atom is 0.385 e. The molecule has 0 heterocycles. The van der Waals surface area contributed by atoms with E-state index in [0.29, 0.717) is 0 Å². The minimum absolute atomic E-state index is 4.95. The van der Waals surface area contributed by atoms with Crippen LogP contribution in [0.3, 0.4) is 0 Å². The topological polar surface area (TPSA) is 40.1 Å². The monoisotopic (exact) mass is 695 g/mol. The van der Waals surface area contributed by atoms with Crippen LogP contribution in [0.5, 0.6) is 0 Å². The summed E-state index contributed by atoms with van der Waals surface area (Å²) in [5, 5.41) is 9.79. The van der Waals surface area contributed by atoms with E-state index in [2.05, 4.69) is 0 Å². The number of carboxylic acid groups (broad SMARTS) is 1. The highest BCUT2D eigenvalue weighted by molar-refractivity contribution is 5.75. The highest BCUT2D eigenvalue weighted by atomic mass is 19.4. The van der Waals surface area contributed by atoms with Gasteiger partial charge in [-0.05, 0) is 0 Å². The second kappa shape index (κ2) is 9.57. The minimum Gasteiger partial charge on any atom is -0.544 e. The van der Waals surface area contributed by atoms with Gasteiger partial charge >= 0.3 is 77.5 Å². The molecule has 0 N–H and O–H groups in total. The molecule has 0 unspecified atom stereocenters. The maximum atomic E-state index is 13.5. The van der Waals surface area contributed by atoms with Crippen LogP contribution < -0.4 is 5.11 Å². The molecule has 0 aromatic rings. The third-order valence-corrected chi connectivity index (χ3v) is 4.89. The Hall–Kier alpha value is -2.35. The smallest absolute Gasteiger partial charge is 0.385 e. The molecule has 0 aliphatic heterocycles. The Morgan fingerprint density at radius 3 is 0.690 bits per heavy atom. The second-order valence-electron chi connectivity index (χ2n) is 7.53. The molecule has 2 nitrogen and oxygen atoms in total. The van der Waals surface area contributed by atoms with Crippen molar-refractivity contribution in [2.75, 3.05) is 0 Å². The number of halogens is 26. The van der Waals surface area contributed by atoms with Crippen LogP contribution in [0, 0.1) is 0 Å². The Kier molecular flexibility index (Phi) is 9.04. The largest absolute Gasteiger partial charge is 0.544 e. The summed E-state index contributed by atoms with van der Waals surface area (Å²) in [5.74, 6) is -115. The number of carbonyl (C=O) groups is 1. The summed E-state index contributed by atoms with van der Waals surface area (Å²) in [6.07, 6.45) is -6.35. The Morgan fingerprint density at radius 1 is 0.357 bits per heavy atom. The summed E-state index contributed by atoms with van der Waals surface area (Å²) in [7, 11) is 0. The Balaban J connectivity index is 7.43. The zero-order valence-electron chi connectivity index (χ0n) is 17.7. The van der Waals surface area contributed by atoms with Crippen molar-refractivity contribution in [1.82, 2.24) is 0 Å². The van der Waals surface area contributed by atoms with Gasteiger partial charge in [-0.15, -0.1) is 0 Å². The molecule has 28 heteroatoms. The number of rotatable bonds is 13. The lowest BCUT2D eigenvalue weighted by atomic mass is 9.84. The molecule has 0 spiro atoms. The molecule has 0 aromatic heterocycles. The molecule has 0 fully saturated rings. The van der Waals surface area contributed by atoms with Gasteiger partial charge in [0, 0.05) is 0 Å². The molecule has 0 saturated carbocycles. The molecule has 0 amide bonds. The zero-order valence-corrected chi connectivity index (χ0v) is 17.7. The van der Waals surface area contributed by atoms with Gasteiger partial charge in [-0.1, -0.05) is 0 Å². The van der Waals surface area contributed by atoms with E-state index in [-0.39, 0.29) is 0 Å². The number of carbonyl (C=O) groups excluding carboxylic acids is 1. The number of aliphatic carboxylic acids is 1. The van der Waals surface area contributed by atoms with Gasteiger partial charge in [0.15, 0.2) is 0 Å². The van der Waals surface area contributed by atoms with Crippen molar-refractivity contribution in [3.8, 4) is 0 Å². The van der Waals surface area contributed by atoms with Crippen LogP contribution in [0.15, 0.2) is 0 Å². The summed E-state index contributed by atoms with van der Waals surface area (Å²) in [6.45, 7) is 0. The van der Waals surface area contributed by atoms with Crippen LogP contribution in [-0.2, 0) is 4.79 Å². The molecule has 42 heavy (non-hydrogen) atoms. The van der Waals surface area contributed by atoms with Crippen molar-refractivity contribution in [2.45, 2.75) is 77.5 Å². The molecule has 0 aliphatic rings. The number of alkyl halides is 26. The first-order chi connectivity index (χ1) is 17.6. The molecule has 252 valence electrons. The van der Waals surface area contributed by atoms with Crippen molar-refractivity contribution in [2.24, 2.45) is 0 Å². The van der Waals surface area contributed by atoms with Gasteiger partial charge in [-0.2, -0.15) is 105 Å². The Morgan fingerprint density at radius 2 is 0.524 bits per heavy atom. The minimum atomic E-state index is -9.77. The predicted molar refractivity (Wildman–Crippen MR) is 70.4 cm³/mol. The molecule has 0 radical (unpaired) electrons. The quantitative estimate of drug-likeness (QED) is 0.203. The molecule has 0 aromatic carbocycles. The molecule has 0 atom stereocenters. The van der Waals surface area contributed by atoms with Crippen LogP contribution in [-0.4, -0.2) is 83.5 Å². The second-order valence-corrected chi connectivity index (χ2v) is 7.53. The van der Waals surface area contributed by atoms with Crippen molar-refractivity contribution in [3.63, 3.8) is 0 Å². The van der Waals surface area contributed by atoms with Crippen molar-refractivity contribution >= 4 is 5.97 Å². The van der Waals surface area contributed by atoms with E-state index in [1.165, 1.54) is 0 Å². The van der Waals surface area contributed by atoms with Gasteiger partial charge in [-0.3, -0.25) is 0 Å². The average molecular weight is 695 g/mol. The maximum absolute atomic E-state index is 13.5. The third-order valence-electron chi connectivity index (χ3n) is 4.89. The first-order valence-electron chi connectivity index (χ1n) is 8.67. The first kappa shape index (κ1) is 39.6. The summed E-state index contributed by atoms with van der Waals surface area (Å²) < 4.78 is 342. The fraction of sp³-hybridized carbons (Fsp3) is 0.929. The van der Waals surface area contributed by atoms with Crippen LogP contribution in [0.25, 0.3) is 0 Å². The van der Waals surface area contributed by atoms with Gasteiger partial charge in [-0.25, -0.2) is 8.78 Å². The lowest BCUT2D eigenvalue weighted by molar-refractivity contribution is -0.480. The Bertz CT molecular complexity index is 1020. The normalized spacial score (nSPS) is 16.7. The van der Waals surface area contributed by atoms with Gasteiger partial charge in [0.2, 0.25) is 0 Å². The van der Waals surface area contributed by atoms with Gasteiger partial charge in [0.05, 0.1) is 0 Å². The van der Waals surface area contributed by atoms with E-state index in [4.69, 9.17) is 0 Å². The number of hydrogen-bond donors (Lipinski definition) is 0. The molecule has 0 aliphatic carbocycles. The fourth-order valence-electron chi connectivity index (χ4n) is 2.25. The summed E-state index contributed by atoms with van der Waals surface area (Å²) in [4.78, 5) is 9.79. The highest BCUT2D eigenvalue weighted by Crippen LogP contribution is 2.67. The first-order valence-corrected chi connectivity index (χ1v) is 8.67. The van der Waals surface area contributed by atoms with Crippen LogP contribution >= 0.6 is 0 Å². The van der Waals surface area contributed by atoms with Gasteiger partial charge in [0.25, 0.3) is 0 Å². The van der Waals surface area contributed by atoms with E-state index < -0.39 is 83.5 Å². The van der Waals surface area contributed by atoms with Crippen molar-refractivity contribution < 1.29 is 124 Å². The molecule has 0 rings (SSSR count). The third kappa shape index (κ3) is 4.28. The molecular weight excluding hydrogens is 694 g/mol. The van der Waals surface area contributed by atoms with Gasteiger partial charge < -0.3 is 9.90 Å². The molecule has 0 bridgehead atoms. The van der Waals surface area contributed by atoms with E-state index in [9.17, 15) is 124 Å². The van der Waals surface area contributed by atoms with E-state index in [1.807, 2.05) is 0 Å². The SMILES string of the molecule is O=C([O-])C(F)(F)C(F)(F)C(F)(F)C(F)(F)C(F)(F)C(F)(F)C(F)(F)C(F)(F)C(F)(F)C(F)(F)C(F)(F)C(F)(F)C(F)F. The fourth-order valence-corrected chi connectivity index (χ4v) is 2.25. The lowest BCUT2D eigenvalue weighted by Gasteiger charge is -2.46. The van der Waals surface area contributed by atoms with Gasteiger partial charge in [0.1, 0.15) is 5.97 Å². The summed E-state index contributed by atoms with van der Waals surface area (Å²) in [6, 6.07) is 0. The van der Waals surface area contributed by atoms with Crippen LogP contribution in [0.1, 0.15) is 0 Å². The van der Waals surface area contributed by atoms with Crippen LogP contribution in [0.4, 0.5) is 114 Å². The standard InChI is InChI=1S/C14H2F26O2/c15-1(16)3(17,18)5(21,22)7(25,26)9(29,30)11(33,34)13(37,38)14(39,40)12(35,36)10(31,32)8(27,28)6(23,24)4(19,20)2(41)42/h1H,(H,41,42)/p-1. The predicted octanol–water partition coefficient (Wildman–Crippen LogP) is 6.63. The molecule has 0 saturated heterocycles. The lowest BCUT2D eigenvalue weighted by Crippen LogP contribution is -2.79. The van der Waals surface area contributed by atoms with E-state index in [1.54, 1.807) is 0 Å².